The monoisotopic (exact) mass is 681 g/mol. The fourth-order valence-electron chi connectivity index (χ4n) is 7.49. The molecule has 0 radical (unpaired) electrons. The van der Waals surface area contributed by atoms with E-state index in [1.54, 1.807) is 12.4 Å². The van der Waals surface area contributed by atoms with Crippen LogP contribution in [0.25, 0.3) is 11.2 Å². The van der Waals surface area contributed by atoms with E-state index in [2.05, 4.69) is 91.4 Å². The number of fused-ring (bicyclic) bond motifs is 2. The highest BCUT2D eigenvalue weighted by Gasteiger charge is 2.56. The third kappa shape index (κ3) is 6.30. The first kappa shape index (κ1) is 33.5. The number of hydrogen-bond donors (Lipinski definition) is 0. The van der Waals surface area contributed by atoms with Gasteiger partial charge in [0.1, 0.15) is 24.4 Å². The highest BCUT2D eigenvalue weighted by Crippen LogP contribution is 2.45. The molecule has 0 spiro atoms. The second-order valence-corrected chi connectivity index (χ2v) is 18.7. The molecular formula is C38H44FN5O4Si. The predicted octanol–water partition coefficient (Wildman–Crippen LogP) is 5.99. The van der Waals surface area contributed by atoms with Crippen molar-refractivity contribution < 1.29 is 23.0 Å². The standard InChI is InChI=1S/C38H44FN5O4Si/c1-37(2,3)49(28-16-9-7-10-17-28,29-18-11-8-12-19-29)45-21-20-30-32-33(48-38(4,5)47-32)36(46-30)44-25-42-31-34(40-24-41-35(31)44)43(6)23-26-14-13-15-27(39)22-26/h7-19,22,24-25,30,32-33,36H,20-21,23H2,1-6H3/t30-,32-,33-,36-/m1/s1. The van der Waals surface area contributed by atoms with E-state index < -0.39 is 20.3 Å². The van der Waals surface area contributed by atoms with E-state index >= 15 is 0 Å². The maximum atomic E-state index is 13.9. The van der Waals surface area contributed by atoms with Crippen molar-refractivity contribution in [3.63, 3.8) is 0 Å². The summed E-state index contributed by atoms with van der Waals surface area (Å²) < 4.78 is 42.8. The van der Waals surface area contributed by atoms with Gasteiger partial charge in [-0.1, -0.05) is 93.6 Å². The summed E-state index contributed by atoms with van der Waals surface area (Å²) in [4.78, 5) is 15.8. The van der Waals surface area contributed by atoms with Crippen LogP contribution >= 0.6 is 0 Å². The molecule has 0 aliphatic carbocycles. The molecule has 7 rings (SSSR count). The Hall–Kier alpha value is -4.00. The van der Waals surface area contributed by atoms with Crippen LogP contribution in [0.2, 0.25) is 5.04 Å². The fourth-order valence-corrected chi connectivity index (χ4v) is 12.1. The van der Waals surface area contributed by atoms with Crippen LogP contribution in [0.15, 0.2) is 97.6 Å². The first-order valence-corrected chi connectivity index (χ1v) is 18.8. The van der Waals surface area contributed by atoms with Gasteiger partial charge in [-0.2, -0.15) is 0 Å². The van der Waals surface area contributed by atoms with E-state index in [4.69, 9.17) is 23.6 Å². The SMILES string of the molecule is CN(Cc1cccc(F)c1)c1ncnc2c1ncn2[C@@H]1O[C@H](CCO[Si](c2ccccc2)(c2ccccc2)C(C)(C)C)[C@H]2OC(C)(C)O[C@H]21. The Labute approximate surface area is 288 Å². The molecule has 0 bridgehead atoms. The molecule has 3 aromatic carbocycles. The number of benzene rings is 3. The molecule has 256 valence electrons. The molecule has 0 unspecified atom stereocenters. The zero-order valence-electron chi connectivity index (χ0n) is 28.9. The molecule has 49 heavy (non-hydrogen) atoms. The lowest BCUT2D eigenvalue weighted by molar-refractivity contribution is -0.197. The summed E-state index contributed by atoms with van der Waals surface area (Å²) in [7, 11) is -0.815. The largest absolute Gasteiger partial charge is 0.407 e. The van der Waals surface area contributed by atoms with Gasteiger partial charge >= 0.3 is 0 Å². The topological polar surface area (TPSA) is 83.8 Å². The zero-order chi connectivity index (χ0) is 34.4. The van der Waals surface area contributed by atoms with Gasteiger partial charge in [0.25, 0.3) is 8.32 Å². The van der Waals surface area contributed by atoms with Crippen LogP contribution in [0.1, 0.15) is 52.8 Å². The summed E-state index contributed by atoms with van der Waals surface area (Å²) >= 11 is 0. The van der Waals surface area contributed by atoms with Gasteiger partial charge in [0.05, 0.1) is 12.4 Å². The number of ether oxygens (including phenoxy) is 3. The van der Waals surface area contributed by atoms with Crippen molar-refractivity contribution in [1.29, 1.82) is 0 Å². The van der Waals surface area contributed by atoms with E-state index in [0.717, 1.165) is 5.56 Å². The summed E-state index contributed by atoms with van der Waals surface area (Å²) in [5.74, 6) is -0.415. The Morgan fingerprint density at radius 3 is 2.22 bits per heavy atom. The number of hydrogen-bond acceptors (Lipinski definition) is 8. The van der Waals surface area contributed by atoms with Crippen molar-refractivity contribution in [3.8, 4) is 0 Å². The summed E-state index contributed by atoms with van der Waals surface area (Å²) in [5, 5.41) is 2.34. The molecule has 2 aliphatic rings. The van der Waals surface area contributed by atoms with E-state index in [0.29, 0.717) is 36.6 Å². The van der Waals surface area contributed by atoms with Gasteiger partial charge < -0.3 is 23.5 Å². The third-order valence-electron chi connectivity index (χ3n) is 9.55. The number of nitrogens with zero attached hydrogens (tertiary/aromatic N) is 5. The molecule has 5 aromatic rings. The number of halogens is 1. The fraction of sp³-hybridized carbons (Fsp3) is 0.395. The van der Waals surface area contributed by atoms with Crippen LogP contribution in [0.3, 0.4) is 0 Å². The maximum Gasteiger partial charge on any atom is 0.261 e. The van der Waals surface area contributed by atoms with Crippen molar-refractivity contribution in [3.05, 3.63) is 109 Å². The summed E-state index contributed by atoms with van der Waals surface area (Å²) in [5.41, 5.74) is 2.08. The van der Waals surface area contributed by atoms with Gasteiger partial charge in [-0.05, 0) is 53.4 Å². The molecule has 11 heteroatoms. The summed E-state index contributed by atoms with van der Waals surface area (Å²) in [6.07, 6.45) is 2.37. The minimum Gasteiger partial charge on any atom is -0.407 e. The Morgan fingerprint density at radius 1 is 0.898 bits per heavy atom. The normalized spacial score (nSPS) is 22.0. The van der Waals surface area contributed by atoms with E-state index in [1.807, 2.05) is 36.4 Å². The average Bonchev–Trinajstić information content (AvgIpc) is 3.74. The highest BCUT2D eigenvalue weighted by molar-refractivity contribution is 6.99. The molecule has 2 fully saturated rings. The molecule has 4 heterocycles. The number of imidazole rings is 1. The molecule has 2 saturated heterocycles. The minimum absolute atomic E-state index is 0.138. The lowest BCUT2D eigenvalue weighted by Crippen LogP contribution is -2.66. The summed E-state index contributed by atoms with van der Waals surface area (Å²) in [6.45, 7) is 11.7. The van der Waals surface area contributed by atoms with Crippen molar-refractivity contribution >= 4 is 35.7 Å². The van der Waals surface area contributed by atoms with Crippen LogP contribution in [-0.2, 0) is 25.2 Å². The van der Waals surface area contributed by atoms with E-state index in [-0.39, 0.29) is 29.2 Å². The second-order valence-electron chi connectivity index (χ2n) is 14.4. The second kappa shape index (κ2) is 13.0. The predicted molar refractivity (Wildman–Crippen MR) is 190 cm³/mol. The zero-order valence-corrected chi connectivity index (χ0v) is 29.9. The van der Waals surface area contributed by atoms with Crippen LogP contribution in [0.5, 0.6) is 0 Å². The number of anilines is 1. The van der Waals surface area contributed by atoms with Gasteiger partial charge in [-0.15, -0.1) is 0 Å². The van der Waals surface area contributed by atoms with Gasteiger partial charge in [0.15, 0.2) is 29.0 Å². The highest BCUT2D eigenvalue weighted by atomic mass is 28.4. The van der Waals surface area contributed by atoms with Gasteiger partial charge in [-0.3, -0.25) is 4.57 Å². The lowest BCUT2D eigenvalue weighted by atomic mass is 10.1. The molecule has 0 amide bonds. The quantitative estimate of drug-likeness (QED) is 0.167. The summed E-state index contributed by atoms with van der Waals surface area (Å²) in [6, 6.07) is 27.9. The minimum atomic E-state index is -2.72. The molecular weight excluding hydrogens is 638 g/mol. The van der Waals surface area contributed by atoms with E-state index in [9.17, 15) is 4.39 Å². The third-order valence-corrected chi connectivity index (χ3v) is 14.6. The van der Waals surface area contributed by atoms with Crippen LogP contribution in [0.4, 0.5) is 10.2 Å². The lowest BCUT2D eigenvalue weighted by Gasteiger charge is -2.43. The van der Waals surface area contributed by atoms with Crippen LogP contribution < -0.4 is 15.3 Å². The molecule has 2 aromatic heterocycles. The van der Waals surface area contributed by atoms with Crippen molar-refractivity contribution in [2.75, 3.05) is 18.6 Å². The molecule has 0 saturated carbocycles. The smallest absolute Gasteiger partial charge is 0.261 e. The van der Waals surface area contributed by atoms with E-state index in [1.165, 1.54) is 28.8 Å². The molecule has 0 N–H and O–H groups in total. The molecule has 4 atom stereocenters. The Bertz CT molecular complexity index is 1860. The van der Waals surface area contributed by atoms with Crippen molar-refractivity contribution in [1.82, 2.24) is 19.5 Å². The van der Waals surface area contributed by atoms with Crippen LogP contribution in [0, 0.1) is 5.82 Å². The Balaban J connectivity index is 1.16. The first-order chi connectivity index (χ1) is 23.5. The number of rotatable bonds is 10. The van der Waals surface area contributed by atoms with Crippen molar-refractivity contribution in [2.45, 2.75) is 82.9 Å². The van der Waals surface area contributed by atoms with Crippen molar-refractivity contribution in [2.24, 2.45) is 0 Å². The van der Waals surface area contributed by atoms with Crippen LogP contribution in [-0.4, -0.2) is 65.6 Å². The molecule has 2 aliphatic heterocycles. The van der Waals surface area contributed by atoms with Gasteiger partial charge in [0.2, 0.25) is 0 Å². The Kier molecular flexibility index (Phi) is 8.91. The Morgan fingerprint density at radius 2 is 1.57 bits per heavy atom. The van der Waals surface area contributed by atoms with Gasteiger partial charge in [0, 0.05) is 20.2 Å². The van der Waals surface area contributed by atoms with Gasteiger partial charge in [-0.25, -0.2) is 19.3 Å². The molecule has 9 nitrogen and oxygen atoms in total. The number of aromatic nitrogens is 4. The maximum absolute atomic E-state index is 13.9. The average molecular weight is 682 g/mol. The first-order valence-electron chi connectivity index (χ1n) is 16.9.